The van der Waals surface area contributed by atoms with Crippen LogP contribution in [0.3, 0.4) is 0 Å². The van der Waals surface area contributed by atoms with Crippen molar-refractivity contribution in [2.75, 3.05) is 14.1 Å². The molecule has 0 unspecified atom stereocenters. The number of carbonyl (C=O) groups is 4. The van der Waals surface area contributed by atoms with Gasteiger partial charge in [-0.2, -0.15) is 0 Å². The number of carbonyl (C=O) groups excluding carboxylic acids is 2. The topological polar surface area (TPSA) is 115 Å². The van der Waals surface area contributed by atoms with E-state index in [9.17, 15) is 24.3 Å². The van der Waals surface area contributed by atoms with Gasteiger partial charge in [-0.15, -0.1) is 0 Å². The highest BCUT2D eigenvalue weighted by molar-refractivity contribution is 5.77. The minimum atomic E-state index is -0.938. The molecule has 0 atom stereocenters. The van der Waals surface area contributed by atoms with Crippen LogP contribution in [0.5, 0.6) is 0 Å². The van der Waals surface area contributed by atoms with E-state index >= 15 is 0 Å². The second-order valence-corrected chi connectivity index (χ2v) is 9.12. The summed E-state index contributed by atoms with van der Waals surface area (Å²) in [5.41, 5.74) is 3.95. The zero-order valence-electron chi connectivity index (χ0n) is 21.3. The first kappa shape index (κ1) is 28.6. The third-order valence-corrected chi connectivity index (χ3v) is 6.02. The Morgan fingerprint density at radius 2 is 1.33 bits per heavy atom. The molecule has 2 amide bonds. The van der Waals surface area contributed by atoms with E-state index in [4.69, 9.17) is 5.11 Å². The van der Waals surface area contributed by atoms with Crippen molar-refractivity contribution in [3.05, 3.63) is 70.3 Å². The van der Waals surface area contributed by atoms with Gasteiger partial charge in [0.15, 0.2) is 0 Å². The minimum absolute atomic E-state index is 0.0197. The number of aliphatic carboxylic acids is 2. The zero-order valence-corrected chi connectivity index (χ0v) is 21.3. The molecule has 0 saturated carbocycles. The smallest absolute Gasteiger partial charge is 0.307 e. The second-order valence-electron chi connectivity index (χ2n) is 9.12. The lowest BCUT2D eigenvalue weighted by Crippen LogP contribution is -2.27. The molecule has 0 radical (unpaired) electrons. The lowest BCUT2D eigenvalue weighted by molar-refractivity contribution is -0.137. The van der Waals surface area contributed by atoms with Crippen LogP contribution in [-0.2, 0) is 51.5 Å². The van der Waals surface area contributed by atoms with Gasteiger partial charge in [0, 0.05) is 40.0 Å². The van der Waals surface area contributed by atoms with Crippen LogP contribution in [0.1, 0.15) is 60.4 Å². The second kappa shape index (κ2) is 14.0. The molecule has 0 spiro atoms. The highest BCUT2D eigenvalue weighted by Gasteiger charge is 2.17. The molecule has 0 saturated heterocycles. The van der Waals surface area contributed by atoms with Crippen molar-refractivity contribution in [1.82, 2.24) is 9.80 Å². The van der Waals surface area contributed by atoms with Crippen molar-refractivity contribution >= 4 is 23.8 Å². The van der Waals surface area contributed by atoms with Gasteiger partial charge >= 0.3 is 11.9 Å². The number of carboxylic acids is 2. The van der Waals surface area contributed by atoms with Crippen LogP contribution in [0.4, 0.5) is 0 Å². The predicted molar refractivity (Wildman–Crippen MR) is 136 cm³/mol. The first-order chi connectivity index (χ1) is 17.1. The Balaban J connectivity index is 2.02. The Labute approximate surface area is 212 Å². The van der Waals surface area contributed by atoms with Gasteiger partial charge in [-0.25, -0.2) is 0 Å². The molecule has 0 heterocycles. The van der Waals surface area contributed by atoms with Crippen LogP contribution in [0.2, 0.25) is 0 Å². The van der Waals surface area contributed by atoms with Gasteiger partial charge in [0.05, 0.1) is 12.8 Å². The van der Waals surface area contributed by atoms with E-state index in [1.807, 2.05) is 31.2 Å². The number of aryl methyl sites for hydroxylation is 1. The van der Waals surface area contributed by atoms with E-state index in [-0.39, 0.29) is 24.7 Å². The summed E-state index contributed by atoms with van der Waals surface area (Å²) in [6, 6.07) is 12.8. The van der Waals surface area contributed by atoms with Gasteiger partial charge in [0.2, 0.25) is 11.8 Å². The highest BCUT2D eigenvalue weighted by Crippen LogP contribution is 2.21. The number of amides is 2. The van der Waals surface area contributed by atoms with Crippen LogP contribution < -0.4 is 0 Å². The lowest BCUT2D eigenvalue weighted by Gasteiger charge is -2.21. The maximum atomic E-state index is 12.7. The summed E-state index contributed by atoms with van der Waals surface area (Å²) in [4.78, 5) is 50.7. The molecule has 0 aliphatic heterocycles. The fourth-order valence-corrected chi connectivity index (χ4v) is 4.19. The van der Waals surface area contributed by atoms with Crippen molar-refractivity contribution < 1.29 is 29.4 Å². The lowest BCUT2D eigenvalue weighted by atomic mass is 9.94. The molecule has 2 N–H and O–H groups in total. The Bertz CT molecular complexity index is 1080. The van der Waals surface area contributed by atoms with Crippen LogP contribution in [0.25, 0.3) is 0 Å². The molecule has 2 aromatic carbocycles. The molecule has 8 heteroatoms. The van der Waals surface area contributed by atoms with Crippen LogP contribution in [-0.4, -0.2) is 57.9 Å². The Kier molecular flexibility index (Phi) is 11.1. The molecular weight excluding hydrogens is 460 g/mol. The molecule has 36 heavy (non-hydrogen) atoms. The molecule has 0 fully saturated rings. The summed E-state index contributed by atoms with van der Waals surface area (Å²) in [7, 11) is 3.44. The fraction of sp³-hybridized carbons (Fsp3) is 0.429. The van der Waals surface area contributed by atoms with Crippen molar-refractivity contribution in [3.8, 4) is 0 Å². The number of benzene rings is 2. The minimum Gasteiger partial charge on any atom is -0.481 e. The third-order valence-electron chi connectivity index (χ3n) is 6.02. The molecule has 0 aliphatic carbocycles. The average Bonchev–Trinajstić information content (AvgIpc) is 2.80. The van der Waals surface area contributed by atoms with Gasteiger partial charge in [0.1, 0.15) is 0 Å². The van der Waals surface area contributed by atoms with Crippen LogP contribution >= 0.6 is 0 Å². The number of nitrogens with zero attached hydrogens (tertiary/aromatic N) is 2. The number of hydrogen-bond donors (Lipinski definition) is 2. The largest absolute Gasteiger partial charge is 0.481 e. The molecule has 8 nitrogen and oxygen atoms in total. The van der Waals surface area contributed by atoms with E-state index in [2.05, 4.69) is 0 Å². The maximum absolute atomic E-state index is 12.7. The van der Waals surface area contributed by atoms with Gasteiger partial charge < -0.3 is 20.0 Å². The zero-order chi connectivity index (χ0) is 26.7. The van der Waals surface area contributed by atoms with Crippen LogP contribution in [0, 0.1) is 0 Å². The quantitative estimate of drug-likeness (QED) is 0.412. The van der Waals surface area contributed by atoms with E-state index in [0.717, 1.165) is 23.1 Å². The summed E-state index contributed by atoms with van der Waals surface area (Å²) in [5, 5.41) is 18.4. The van der Waals surface area contributed by atoms with Gasteiger partial charge in [-0.1, -0.05) is 49.4 Å². The molecular formula is C28H36N2O6. The number of carboxylic acid groups (broad SMARTS) is 2. The Morgan fingerprint density at radius 3 is 2.00 bits per heavy atom. The normalized spacial score (nSPS) is 10.6. The van der Waals surface area contributed by atoms with Crippen molar-refractivity contribution in [2.45, 2.75) is 65.0 Å². The molecule has 2 aromatic rings. The predicted octanol–water partition coefficient (Wildman–Crippen LogP) is 3.68. The van der Waals surface area contributed by atoms with E-state index in [1.165, 1.54) is 0 Å². The molecule has 0 aliphatic rings. The summed E-state index contributed by atoms with van der Waals surface area (Å²) < 4.78 is 0. The first-order valence-electron chi connectivity index (χ1n) is 12.2. The van der Waals surface area contributed by atoms with Gasteiger partial charge in [-0.05, 0) is 47.1 Å². The summed E-state index contributed by atoms with van der Waals surface area (Å²) in [6.07, 6.45) is 2.41. The average molecular weight is 497 g/mol. The Hall–Kier alpha value is -3.68. The summed E-state index contributed by atoms with van der Waals surface area (Å²) >= 11 is 0. The van der Waals surface area contributed by atoms with Crippen molar-refractivity contribution in [1.29, 1.82) is 0 Å². The fourth-order valence-electron chi connectivity index (χ4n) is 4.19. The van der Waals surface area contributed by atoms with Crippen molar-refractivity contribution in [2.24, 2.45) is 0 Å². The SMILES string of the molecule is CCCC(=O)N(C)Cc1cccc(CCCC(=O)N(C)Cc2cccc(CC(=O)O)c2)c1CC(=O)O. The molecule has 0 bridgehead atoms. The van der Waals surface area contributed by atoms with Crippen LogP contribution in [0.15, 0.2) is 42.5 Å². The first-order valence-corrected chi connectivity index (χ1v) is 12.2. The van der Waals surface area contributed by atoms with E-state index < -0.39 is 11.9 Å². The molecule has 0 aromatic heterocycles. The monoisotopic (exact) mass is 496 g/mol. The standard InChI is InChI=1S/C28H36N2O6/c1-4-8-25(31)30(3)19-23-13-6-11-22(24(23)17-28(35)36)12-7-14-26(32)29(2)18-21-10-5-9-20(15-21)16-27(33)34/h5-6,9-11,13,15H,4,7-8,12,14,16-19H2,1-3H3,(H,33,34)(H,35,36). The number of hydrogen-bond acceptors (Lipinski definition) is 4. The van der Waals surface area contributed by atoms with Gasteiger partial charge in [0.25, 0.3) is 0 Å². The summed E-state index contributed by atoms with van der Waals surface area (Å²) in [5.74, 6) is -1.86. The van der Waals surface area contributed by atoms with E-state index in [1.54, 1.807) is 42.1 Å². The Morgan fingerprint density at radius 1 is 0.750 bits per heavy atom. The van der Waals surface area contributed by atoms with Gasteiger partial charge in [-0.3, -0.25) is 19.2 Å². The third kappa shape index (κ3) is 9.17. The van der Waals surface area contributed by atoms with Crippen molar-refractivity contribution in [3.63, 3.8) is 0 Å². The maximum Gasteiger partial charge on any atom is 0.307 e. The highest BCUT2D eigenvalue weighted by atomic mass is 16.4. The number of rotatable bonds is 14. The molecule has 194 valence electrons. The van der Waals surface area contributed by atoms with E-state index in [0.29, 0.717) is 49.9 Å². The summed E-state index contributed by atoms with van der Waals surface area (Å²) in [6.45, 7) is 2.67. The molecule has 2 rings (SSSR count).